The number of hydrogen-bond acceptors (Lipinski definition) is 2. The molecule has 0 unspecified atom stereocenters. The van der Waals surface area contributed by atoms with Crippen LogP contribution in [0.15, 0.2) is 0 Å². The third kappa shape index (κ3) is 3.66. The number of nitrogens with one attached hydrogen (secondary N) is 2. The van der Waals surface area contributed by atoms with E-state index in [-0.39, 0.29) is 11.3 Å². The Kier molecular flexibility index (Phi) is 3.93. The van der Waals surface area contributed by atoms with Crippen LogP contribution < -0.4 is 10.6 Å². The Morgan fingerprint density at radius 2 is 2.21 bits per heavy atom. The van der Waals surface area contributed by atoms with Crippen LogP contribution in [0.3, 0.4) is 0 Å². The molecule has 1 saturated heterocycles. The lowest BCUT2D eigenvalue weighted by atomic mass is 9.94. The maximum Gasteiger partial charge on any atom is 0.225 e. The summed E-state index contributed by atoms with van der Waals surface area (Å²) < 4.78 is 0. The molecule has 82 valence electrons. The molecular formula is C11H22N2O. The summed E-state index contributed by atoms with van der Waals surface area (Å²) in [6.45, 7) is 8.83. The fourth-order valence-corrected chi connectivity index (χ4v) is 1.60. The van der Waals surface area contributed by atoms with Crippen molar-refractivity contribution in [2.24, 2.45) is 11.3 Å². The minimum absolute atomic E-state index is 0.156. The van der Waals surface area contributed by atoms with Gasteiger partial charge >= 0.3 is 0 Å². The molecule has 0 aromatic rings. The lowest BCUT2D eigenvalue weighted by Crippen LogP contribution is -2.41. The fraction of sp³-hybridized carbons (Fsp3) is 0.909. The van der Waals surface area contributed by atoms with E-state index in [4.69, 9.17) is 0 Å². The standard InChI is InChI=1S/C11H22N2O/c1-11(2,3)10(14)13-8-9-5-4-6-12-7-9/h9,12H,4-8H2,1-3H3,(H,13,14)/t9-/m1/s1. The van der Waals surface area contributed by atoms with Gasteiger partial charge in [0.05, 0.1) is 0 Å². The lowest BCUT2D eigenvalue weighted by Gasteiger charge is -2.25. The van der Waals surface area contributed by atoms with Crippen LogP contribution in [0.25, 0.3) is 0 Å². The van der Waals surface area contributed by atoms with Crippen molar-refractivity contribution < 1.29 is 4.79 Å². The van der Waals surface area contributed by atoms with E-state index in [0.717, 1.165) is 19.6 Å². The van der Waals surface area contributed by atoms with Crippen LogP contribution in [0, 0.1) is 11.3 Å². The zero-order chi connectivity index (χ0) is 10.6. The van der Waals surface area contributed by atoms with E-state index in [1.165, 1.54) is 12.8 Å². The van der Waals surface area contributed by atoms with Crippen molar-refractivity contribution in [3.8, 4) is 0 Å². The lowest BCUT2D eigenvalue weighted by molar-refractivity contribution is -0.128. The number of rotatable bonds is 2. The van der Waals surface area contributed by atoms with Gasteiger partial charge in [0.2, 0.25) is 5.91 Å². The smallest absolute Gasteiger partial charge is 0.225 e. The molecule has 1 aliphatic heterocycles. The van der Waals surface area contributed by atoms with Crippen molar-refractivity contribution in [3.05, 3.63) is 0 Å². The molecule has 1 aliphatic rings. The molecule has 0 radical (unpaired) electrons. The van der Waals surface area contributed by atoms with Crippen molar-refractivity contribution in [2.45, 2.75) is 33.6 Å². The van der Waals surface area contributed by atoms with Crippen LogP contribution in [-0.4, -0.2) is 25.5 Å². The molecule has 1 atom stereocenters. The van der Waals surface area contributed by atoms with E-state index in [2.05, 4.69) is 10.6 Å². The maximum atomic E-state index is 11.6. The second-order valence-electron chi connectivity index (χ2n) is 5.17. The third-order valence-corrected chi connectivity index (χ3v) is 2.63. The average Bonchev–Trinajstić information content (AvgIpc) is 2.14. The van der Waals surface area contributed by atoms with Gasteiger partial charge in [-0.2, -0.15) is 0 Å². The average molecular weight is 198 g/mol. The van der Waals surface area contributed by atoms with Crippen LogP contribution in [0.4, 0.5) is 0 Å². The highest BCUT2D eigenvalue weighted by atomic mass is 16.2. The normalized spacial score (nSPS) is 23.2. The van der Waals surface area contributed by atoms with E-state index in [1.807, 2.05) is 20.8 Å². The van der Waals surface area contributed by atoms with Gasteiger partial charge in [-0.15, -0.1) is 0 Å². The molecule has 2 N–H and O–H groups in total. The topological polar surface area (TPSA) is 41.1 Å². The van der Waals surface area contributed by atoms with Gasteiger partial charge in [0.15, 0.2) is 0 Å². The van der Waals surface area contributed by atoms with Gasteiger partial charge in [-0.3, -0.25) is 4.79 Å². The molecule has 3 nitrogen and oxygen atoms in total. The van der Waals surface area contributed by atoms with E-state index in [9.17, 15) is 4.79 Å². The first-order valence-corrected chi connectivity index (χ1v) is 5.49. The van der Waals surface area contributed by atoms with Crippen molar-refractivity contribution in [3.63, 3.8) is 0 Å². The molecule has 0 aromatic carbocycles. The molecule has 1 rings (SSSR count). The Bertz CT molecular complexity index is 190. The number of piperidine rings is 1. The van der Waals surface area contributed by atoms with Crippen molar-refractivity contribution >= 4 is 5.91 Å². The first kappa shape index (κ1) is 11.5. The van der Waals surface area contributed by atoms with E-state index >= 15 is 0 Å². The van der Waals surface area contributed by atoms with Crippen LogP contribution >= 0.6 is 0 Å². The molecule has 0 aliphatic carbocycles. The SMILES string of the molecule is CC(C)(C)C(=O)NC[C@@H]1CCCNC1. The van der Waals surface area contributed by atoms with Gasteiger partial charge in [0.1, 0.15) is 0 Å². The number of carbonyl (C=O) groups is 1. The molecule has 0 saturated carbocycles. The van der Waals surface area contributed by atoms with E-state index < -0.39 is 0 Å². The number of carbonyl (C=O) groups excluding carboxylic acids is 1. The molecule has 0 spiro atoms. The fourth-order valence-electron chi connectivity index (χ4n) is 1.60. The molecule has 1 amide bonds. The predicted octanol–water partition coefficient (Wildman–Crippen LogP) is 1.15. The first-order valence-electron chi connectivity index (χ1n) is 5.49. The Morgan fingerprint density at radius 3 is 2.71 bits per heavy atom. The van der Waals surface area contributed by atoms with Gasteiger partial charge in [-0.1, -0.05) is 20.8 Å². The minimum Gasteiger partial charge on any atom is -0.355 e. The summed E-state index contributed by atoms with van der Waals surface area (Å²) in [6.07, 6.45) is 2.47. The predicted molar refractivity (Wildman–Crippen MR) is 58.1 cm³/mol. The van der Waals surface area contributed by atoms with Gasteiger partial charge in [0.25, 0.3) is 0 Å². The molecule has 3 heteroatoms. The summed E-state index contributed by atoms with van der Waals surface area (Å²) in [6, 6.07) is 0. The van der Waals surface area contributed by atoms with Crippen LogP contribution in [-0.2, 0) is 4.79 Å². The van der Waals surface area contributed by atoms with Crippen LogP contribution in [0.5, 0.6) is 0 Å². The summed E-state index contributed by atoms with van der Waals surface area (Å²) in [5.74, 6) is 0.776. The second kappa shape index (κ2) is 4.78. The first-order chi connectivity index (χ1) is 6.50. The molecule has 1 fully saturated rings. The number of amides is 1. The molecular weight excluding hydrogens is 176 g/mol. The van der Waals surface area contributed by atoms with Gasteiger partial charge in [-0.25, -0.2) is 0 Å². The summed E-state index contributed by atoms with van der Waals surface area (Å²) in [7, 11) is 0. The highest BCUT2D eigenvalue weighted by Gasteiger charge is 2.22. The second-order valence-corrected chi connectivity index (χ2v) is 5.17. The molecule has 0 bridgehead atoms. The van der Waals surface area contributed by atoms with Crippen molar-refractivity contribution in [1.82, 2.24) is 10.6 Å². The van der Waals surface area contributed by atoms with Gasteiger partial charge in [-0.05, 0) is 31.8 Å². The Hall–Kier alpha value is -0.570. The zero-order valence-corrected chi connectivity index (χ0v) is 9.52. The van der Waals surface area contributed by atoms with E-state index in [0.29, 0.717) is 5.92 Å². The van der Waals surface area contributed by atoms with Gasteiger partial charge in [0, 0.05) is 12.0 Å². The summed E-state index contributed by atoms with van der Waals surface area (Å²) in [5, 5.41) is 6.36. The highest BCUT2D eigenvalue weighted by Crippen LogP contribution is 2.14. The van der Waals surface area contributed by atoms with Gasteiger partial charge < -0.3 is 10.6 Å². The van der Waals surface area contributed by atoms with Crippen LogP contribution in [0.1, 0.15) is 33.6 Å². The Morgan fingerprint density at radius 1 is 1.50 bits per heavy atom. The Balaban J connectivity index is 2.22. The minimum atomic E-state index is -0.262. The molecule has 1 heterocycles. The van der Waals surface area contributed by atoms with Crippen molar-refractivity contribution in [2.75, 3.05) is 19.6 Å². The summed E-state index contributed by atoms with van der Waals surface area (Å²) in [4.78, 5) is 11.6. The highest BCUT2D eigenvalue weighted by molar-refractivity contribution is 5.81. The largest absolute Gasteiger partial charge is 0.355 e. The number of hydrogen-bond donors (Lipinski definition) is 2. The van der Waals surface area contributed by atoms with E-state index in [1.54, 1.807) is 0 Å². The molecule has 0 aromatic heterocycles. The summed E-state index contributed by atoms with van der Waals surface area (Å²) >= 11 is 0. The van der Waals surface area contributed by atoms with Crippen molar-refractivity contribution in [1.29, 1.82) is 0 Å². The Labute approximate surface area is 86.6 Å². The molecule has 14 heavy (non-hydrogen) atoms. The zero-order valence-electron chi connectivity index (χ0n) is 9.52. The monoisotopic (exact) mass is 198 g/mol. The van der Waals surface area contributed by atoms with Crippen LogP contribution in [0.2, 0.25) is 0 Å². The summed E-state index contributed by atoms with van der Waals surface area (Å²) in [5.41, 5.74) is -0.262. The maximum absolute atomic E-state index is 11.6. The quantitative estimate of drug-likeness (QED) is 0.699. The third-order valence-electron chi connectivity index (χ3n) is 2.63.